The van der Waals surface area contributed by atoms with Crippen LogP contribution in [0.3, 0.4) is 0 Å². The van der Waals surface area contributed by atoms with Gasteiger partial charge in [0.2, 0.25) is 0 Å². The van der Waals surface area contributed by atoms with E-state index in [0.717, 1.165) is 83.5 Å². The molecule has 0 aliphatic carbocycles. The third-order valence-corrected chi connectivity index (χ3v) is 10.3. The van der Waals surface area contributed by atoms with Crippen molar-refractivity contribution in [3.05, 3.63) is 148 Å². The number of hydrogen-bond acceptors (Lipinski definition) is 2. The van der Waals surface area contributed by atoms with Gasteiger partial charge in [0, 0.05) is 22.2 Å². The predicted molar refractivity (Wildman–Crippen MR) is 218 cm³/mol. The highest BCUT2D eigenvalue weighted by molar-refractivity contribution is 6.00. The van der Waals surface area contributed by atoms with Gasteiger partial charge in [0.05, 0.1) is 39.0 Å². The average molecular weight is 677 g/mol. The zero-order valence-electron chi connectivity index (χ0n) is 30.3. The van der Waals surface area contributed by atoms with Crippen LogP contribution in [0.1, 0.15) is 44.8 Å². The standard InChI is InChI=1S/C47H40N4O/c1-26-22-28(3)43(29(4)23-26)46-39-18-14-35(50-39)33-12-16-37(48-33)45(32-10-8-7-9-11-32)38-17-13-34(49-38)36-15-19-40(51-36)47(42-21-20-41(46)52-42)44-30(5)24-27(2)25-31(44)6/h7-25,48,50-51H,1-6H3. The van der Waals surface area contributed by atoms with E-state index >= 15 is 0 Å². The van der Waals surface area contributed by atoms with E-state index in [1.54, 1.807) is 0 Å². The van der Waals surface area contributed by atoms with Gasteiger partial charge >= 0.3 is 0 Å². The molecule has 5 aromatic heterocycles. The molecule has 0 atom stereocenters. The number of furan rings is 1. The first-order chi connectivity index (χ1) is 25.2. The Hall–Kier alpha value is -6.33. The molecule has 8 aromatic rings. The van der Waals surface area contributed by atoms with Crippen LogP contribution in [0.5, 0.6) is 0 Å². The lowest BCUT2D eigenvalue weighted by Crippen LogP contribution is -1.91. The molecule has 0 fully saturated rings. The molecule has 0 amide bonds. The van der Waals surface area contributed by atoms with Crippen LogP contribution in [0.25, 0.3) is 89.8 Å². The van der Waals surface area contributed by atoms with Crippen LogP contribution < -0.4 is 0 Å². The normalized spacial score (nSPS) is 12.0. The van der Waals surface area contributed by atoms with E-state index in [9.17, 15) is 0 Å². The van der Waals surface area contributed by atoms with Gasteiger partial charge in [0.25, 0.3) is 0 Å². The maximum Gasteiger partial charge on any atom is 0.137 e. The van der Waals surface area contributed by atoms with Crippen molar-refractivity contribution in [2.45, 2.75) is 41.5 Å². The molecule has 52 heavy (non-hydrogen) atoms. The summed E-state index contributed by atoms with van der Waals surface area (Å²) in [6.45, 7) is 13.1. The van der Waals surface area contributed by atoms with E-state index in [1.807, 2.05) is 0 Å². The van der Waals surface area contributed by atoms with Gasteiger partial charge in [-0.3, -0.25) is 0 Å². The molecule has 0 unspecified atom stereocenters. The molecule has 254 valence electrons. The van der Waals surface area contributed by atoms with Crippen molar-refractivity contribution in [1.82, 2.24) is 19.9 Å². The summed E-state index contributed by atoms with van der Waals surface area (Å²) in [5.74, 6) is 0. The third kappa shape index (κ3) is 5.28. The van der Waals surface area contributed by atoms with E-state index < -0.39 is 0 Å². The molecule has 3 N–H and O–H groups in total. The summed E-state index contributed by atoms with van der Waals surface area (Å²) in [5.41, 5.74) is 23.1. The summed E-state index contributed by atoms with van der Waals surface area (Å²) in [6.07, 6.45) is 4.22. The molecule has 5 heteroatoms. The van der Waals surface area contributed by atoms with Crippen molar-refractivity contribution in [3.63, 3.8) is 0 Å². The largest absolute Gasteiger partial charge is 0.456 e. The number of H-pyrrole nitrogens is 3. The van der Waals surface area contributed by atoms with Crippen molar-refractivity contribution in [1.29, 1.82) is 0 Å². The summed E-state index contributed by atoms with van der Waals surface area (Å²) in [4.78, 5) is 16.5. The van der Waals surface area contributed by atoms with Gasteiger partial charge in [-0.05, 0) is 141 Å². The molecule has 5 nitrogen and oxygen atoms in total. The number of fused-ring (bicyclic) bond motifs is 12. The molecule has 0 spiro atoms. The van der Waals surface area contributed by atoms with Gasteiger partial charge in [-0.25, -0.2) is 4.98 Å². The summed E-state index contributed by atoms with van der Waals surface area (Å²) in [7, 11) is 0. The minimum atomic E-state index is 0.802. The minimum absolute atomic E-state index is 0.802. The van der Waals surface area contributed by atoms with Crippen LogP contribution in [0.2, 0.25) is 0 Å². The molecule has 9 rings (SSSR count). The van der Waals surface area contributed by atoms with Crippen LogP contribution in [-0.2, 0) is 0 Å². The highest BCUT2D eigenvalue weighted by Gasteiger charge is 2.18. The Balaban J connectivity index is 1.48. The van der Waals surface area contributed by atoms with Crippen molar-refractivity contribution in [2.75, 3.05) is 0 Å². The van der Waals surface area contributed by atoms with Gasteiger partial charge in [-0.15, -0.1) is 0 Å². The second kappa shape index (κ2) is 12.2. The maximum absolute atomic E-state index is 7.06. The number of hydrogen-bond donors (Lipinski definition) is 3. The summed E-state index contributed by atoms with van der Waals surface area (Å²) >= 11 is 0. The van der Waals surface area contributed by atoms with Gasteiger partial charge < -0.3 is 19.4 Å². The Kier molecular flexibility index (Phi) is 7.40. The van der Waals surface area contributed by atoms with E-state index in [-0.39, 0.29) is 0 Å². The summed E-state index contributed by atoms with van der Waals surface area (Å²) < 4.78 is 7.06. The maximum atomic E-state index is 7.06. The first-order valence-corrected chi connectivity index (χ1v) is 17.9. The highest BCUT2D eigenvalue weighted by atomic mass is 16.3. The van der Waals surface area contributed by atoms with Crippen LogP contribution in [0, 0.1) is 41.5 Å². The number of benzene rings is 3. The Morgan fingerprint density at radius 2 is 0.827 bits per heavy atom. The van der Waals surface area contributed by atoms with Gasteiger partial charge in [0.15, 0.2) is 0 Å². The second-order valence-electron chi connectivity index (χ2n) is 14.3. The lowest BCUT2D eigenvalue weighted by Gasteiger charge is -2.13. The first kappa shape index (κ1) is 31.6. The molecule has 0 saturated carbocycles. The zero-order chi connectivity index (χ0) is 35.7. The van der Waals surface area contributed by atoms with Gasteiger partial charge in [0.1, 0.15) is 11.2 Å². The lowest BCUT2D eigenvalue weighted by molar-refractivity contribution is 0.668. The molecular weight excluding hydrogens is 637 g/mol. The molecule has 3 aromatic carbocycles. The van der Waals surface area contributed by atoms with Gasteiger partial charge in [-0.2, -0.15) is 0 Å². The van der Waals surface area contributed by atoms with Crippen LogP contribution >= 0.6 is 0 Å². The van der Waals surface area contributed by atoms with E-state index in [1.165, 1.54) is 38.9 Å². The third-order valence-electron chi connectivity index (χ3n) is 10.3. The Morgan fingerprint density at radius 3 is 1.35 bits per heavy atom. The zero-order valence-corrected chi connectivity index (χ0v) is 30.3. The molecule has 1 aliphatic heterocycles. The van der Waals surface area contributed by atoms with Gasteiger partial charge in [-0.1, -0.05) is 65.7 Å². The van der Waals surface area contributed by atoms with Crippen LogP contribution in [0.4, 0.5) is 0 Å². The molecule has 0 radical (unpaired) electrons. The Bertz CT molecular complexity index is 2860. The SMILES string of the molecule is Cc1cc(C)c(-c2c3ccc([nH]3)c3nc(c(-c4ccccc4)c4ccc([nH]4)c4ccc([nH]4)c(-c4c(C)cc(C)cc4C)c4ccc2o4)C=C3)c(C)c1. The Labute approximate surface area is 302 Å². The highest BCUT2D eigenvalue weighted by Crippen LogP contribution is 2.40. The fourth-order valence-electron chi connectivity index (χ4n) is 8.32. The minimum Gasteiger partial charge on any atom is -0.456 e. The van der Waals surface area contributed by atoms with Crippen LogP contribution in [-0.4, -0.2) is 19.9 Å². The summed E-state index contributed by atoms with van der Waals surface area (Å²) in [6, 6.07) is 36.7. The van der Waals surface area contributed by atoms with Crippen molar-refractivity contribution >= 4 is 56.4 Å². The van der Waals surface area contributed by atoms with Crippen molar-refractivity contribution < 1.29 is 4.42 Å². The van der Waals surface area contributed by atoms with E-state index in [4.69, 9.17) is 9.40 Å². The number of aromatic nitrogens is 4. The van der Waals surface area contributed by atoms with Crippen LogP contribution in [0.15, 0.2) is 108 Å². The lowest BCUT2D eigenvalue weighted by atomic mass is 9.93. The fraction of sp³-hybridized carbons (Fsp3) is 0.128. The fourth-order valence-corrected chi connectivity index (χ4v) is 8.32. The number of nitrogens with zero attached hydrogens (tertiary/aromatic N) is 1. The second-order valence-corrected chi connectivity index (χ2v) is 14.3. The van der Waals surface area contributed by atoms with Crippen molar-refractivity contribution in [2.24, 2.45) is 0 Å². The Morgan fingerprint density at radius 1 is 0.404 bits per heavy atom. The molecule has 10 bridgehead atoms. The van der Waals surface area contributed by atoms with Crippen molar-refractivity contribution in [3.8, 4) is 33.4 Å². The quantitative estimate of drug-likeness (QED) is 0.174. The summed E-state index contributed by atoms with van der Waals surface area (Å²) in [5, 5.41) is 0. The molecule has 1 aliphatic rings. The van der Waals surface area contributed by atoms with E-state index in [0.29, 0.717) is 0 Å². The number of aryl methyl sites for hydroxylation is 6. The number of nitrogens with one attached hydrogen (secondary N) is 3. The smallest absolute Gasteiger partial charge is 0.137 e. The molecule has 0 saturated heterocycles. The topological polar surface area (TPSA) is 73.4 Å². The molecule has 6 heterocycles. The first-order valence-electron chi connectivity index (χ1n) is 17.9. The number of rotatable bonds is 3. The van der Waals surface area contributed by atoms with E-state index in [2.05, 4.69) is 172 Å². The average Bonchev–Trinajstić information content (AvgIpc) is 3.95. The molecular formula is C47H40N4O. The monoisotopic (exact) mass is 676 g/mol. The predicted octanol–water partition coefficient (Wildman–Crippen LogP) is 12.9. The number of aromatic amines is 3.